The Labute approximate surface area is 101 Å². The van der Waals surface area contributed by atoms with Gasteiger partial charge >= 0.3 is 0 Å². The number of nitrogens with one attached hydrogen (secondary N) is 1. The van der Waals surface area contributed by atoms with Crippen molar-refractivity contribution < 1.29 is 4.74 Å². The van der Waals surface area contributed by atoms with Crippen LogP contribution in [-0.4, -0.2) is 10.7 Å². The lowest BCUT2D eigenvalue weighted by Gasteiger charge is -2.10. The maximum atomic E-state index is 7.65. The molecule has 0 bridgehead atoms. The van der Waals surface area contributed by atoms with Gasteiger partial charge in [-0.2, -0.15) is 0 Å². The third kappa shape index (κ3) is 3.87. The van der Waals surface area contributed by atoms with Crippen molar-refractivity contribution in [3.05, 3.63) is 54.1 Å². The zero-order chi connectivity index (χ0) is 11.9. The molecule has 0 aliphatic heterocycles. The molecule has 0 amide bonds. The van der Waals surface area contributed by atoms with E-state index in [1.807, 2.05) is 24.3 Å². The van der Waals surface area contributed by atoms with Crippen LogP contribution >= 0.6 is 0 Å². The van der Waals surface area contributed by atoms with Gasteiger partial charge in [0.05, 0.1) is 5.76 Å². The van der Waals surface area contributed by atoms with Crippen molar-refractivity contribution in [2.45, 2.75) is 25.9 Å². The number of hydrogen-bond donors (Lipinski definition) is 1. The molecular weight excluding hydrogens is 212 g/mol. The molecule has 1 heterocycles. The molecule has 17 heavy (non-hydrogen) atoms. The van der Waals surface area contributed by atoms with Gasteiger partial charge in [0.2, 0.25) is 0 Å². The van der Waals surface area contributed by atoms with E-state index in [4.69, 9.17) is 10.1 Å². The molecule has 0 spiro atoms. The smallest absolute Gasteiger partial charge is 0.114 e. The van der Waals surface area contributed by atoms with E-state index in [1.54, 1.807) is 12.4 Å². The molecule has 0 aromatic carbocycles. The van der Waals surface area contributed by atoms with Gasteiger partial charge in [0.1, 0.15) is 6.61 Å². The first-order valence-corrected chi connectivity index (χ1v) is 5.76. The molecule has 0 saturated carbocycles. The second-order valence-corrected chi connectivity index (χ2v) is 4.01. The van der Waals surface area contributed by atoms with Crippen LogP contribution in [0.5, 0.6) is 0 Å². The van der Waals surface area contributed by atoms with Gasteiger partial charge in [0.25, 0.3) is 0 Å². The maximum Gasteiger partial charge on any atom is 0.114 e. The Balaban J connectivity index is 1.92. The van der Waals surface area contributed by atoms with Crippen LogP contribution in [-0.2, 0) is 11.3 Å². The molecule has 1 N–H and O–H groups in total. The van der Waals surface area contributed by atoms with Crippen LogP contribution in [0.4, 0.5) is 0 Å². The highest BCUT2D eigenvalue weighted by Crippen LogP contribution is 2.13. The van der Waals surface area contributed by atoms with Crippen molar-refractivity contribution in [3.63, 3.8) is 0 Å². The highest BCUT2D eigenvalue weighted by atomic mass is 16.5. The van der Waals surface area contributed by atoms with E-state index in [2.05, 4.69) is 11.1 Å². The Hall–Kier alpha value is -1.90. The molecule has 2 rings (SSSR count). The molecule has 88 valence electrons. The summed E-state index contributed by atoms with van der Waals surface area (Å²) >= 11 is 0. The number of rotatable bonds is 3. The highest BCUT2D eigenvalue weighted by Gasteiger charge is 2.02. The van der Waals surface area contributed by atoms with E-state index in [0.29, 0.717) is 13.0 Å². The van der Waals surface area contributed by atoms with Gasteiger partial charge in [0.15, 0.2) is 0 Å². The summed E-state index contributed by atoms with van der Waals surface area (Å²) in [5.41, 5.74) is 1.79. The van der Waals surface area contributed by atoms with Crippen molar-refractivity contribution in [3.8, 4) is 0 Å². The minimum atomic E-state index is 0.543. The average molecular weight is 228 g/mol. The van der Waals surface area contributed by atoms with Crippen molar-refractivity contribution in [2.24, 2.45) is 0 Å². The van der Waals surface area contributed by atoms with Gasteiger partial charge in [-0.05, 0) is 12.1 Å². The van der Waals surface area contributed by atoms with E-state index in [-0.39, 0.29) is 0 Å². The fourth-order valence-electron chi connectivity index (χ4n) is 1.61. The lowest BCUT2D eigenvalue weighted by molar-refractivity contribution is 0.193. The highest BCUT2D eigenvalue weighted by molar-refractivity contribution is 5.84. The Kier molecular flexibility index (Phi) is 4.08. The second kappa shape index (κ2) is 5.99. The fraction of sp³-hybridized carbons (Fsp3) is 0.286. The van der Waals surface area contributed by atoms with Crippen LogP contribution in [0.25, 0.3) is 0 Å². The normalized spacial score (nSPS) is 19.1. The van der Waals surface area contributed by atoms with Crippen molar-refractivity contribution in [1.82, 2.24) is 4.98 Å². The third-order valence-corrected chi connectivity index (χ3v) is 2.57. The predicted molar refractivity (Wildman–Crippen MR) is 67.8 cm³/mol. The number of pyridine rings is 1. The monoisotopic (exact) mass is 228 g/mol. The Morgan fingerprint density at radius 3 is 2.94 bits per heavy atom. The summed E-state index contributed by atoms with van der Waals surface area (Å²) in [4.78, 5) is 4.05. The standard InChI is InChI=1S/C14H16N2O/c15-13-5-1-2-6-14(8-7-13)17-11-12-4-3-9-16-10-12/h1-4,8-10,15H,5-7,11H2/b2-1?,14-8-,15-13?. The minimum absolute atomic E-state index is 0.543. The number of allylic oxidation sites excluding steroid dienone is 3. The first kappa shape index (κ1) is 11.6. The molecule has 3 heteroatoms. The SMILES string of the molecule is N=C1CC=CC/C(OCc2cccnc2)=C/C1. The quantitative estimate of drug-likeness (QED) is 0.807. The summed E-state index contributed by atoms with van der Waals surface area (Å²) in [6.45, 7) is 0.543. The summed E-state index contributed by atoms with van der Waals surface area (Å²) in [6, 6.07) is 3.90. The van der Waals surface area contributed by atoms with E-state index < -0.39 is 0 Å². The Morgan fingerprint density at radius 1 is 1.24 bits per heavy atom. The molecule has 1 aliphatic rings. The number of ether oxygens (including phenoxy) is 1. The largest absolute Gasteiger partial charge is 0.493 e. The topological polar surface area (TPSA) is 46.0 Å². The van der Waals surface area contributed by atoms with E-state index in [9.17, 15) is 0 Å². The number of nitrogens with zero attached hydrogens (tertiary/aromatic N) is 1. The average Bonchev–Trinajstić information content (AvgIpc) is 2.35. The number of aromatic nitrogens is 1. The molecule has 0 radical (unpaired) electrons. The molecule has 1 aromatic rings. The third-order valence-electron chi connectivity index (χ3n) is 2.57. The van der Waals surface area contributed by atoms with Gasteiger partial charge in [-0.3, -0.25) is 4.98 Å². The van der Waals surface area contributed by atoms with Crippen LogP contribution in [0.2, 0.25) is 0 Å². The zero-order valence-corrected chi connectivity index (χ0v) is 9.73. The zero-order valence-electron chi connectivity index (χ0n) is 9.73. The van der Waals surface area contributed by atoms with Gasteiger partial charge in [-0.25, -0.2) is 0 Å². The summed E-state index contributed by atoms with van der Waals surface area (Å²) < 4.78 is 5.73. The van der Waals surface area contributed by atoms with E-state index in [0.717, 1.165) is 29.9 Å². The van der Waals surface area contributed by atoms with Crippen molar-refractivity contribution in [1.29, 1.82) is 5.41 Å². The first-order valence-electron chi connectivity index (χ1n) is 5.76. The Bertz CT molecular complexity index is 435. The second-order valence-electron chi connectivity index (χ2n) is 4.01. The van der Waals surface area contributed by atoms with Crippen LogP contribution < -0.4 is 0 Å². The fourth-order valence-corrected chi connectivity index (χ4v) is 1.61. The van der Waals surface area contributed by atoms with Crippen LogP contribution in [0, 0.1) is 5.41 Å². The summed E-state index contributed by atoms with van der Waals surface area (Å²) in [5, 5.41) is 7.65. The molecular formula is C14H16N2O. The Morgan fingerprint density at radius 2 is 2.12 bits per heavy atom. The molecule has 1 aromatic heterocycles. The van der Waals surface area contributed by atoms with Crippen molar-refractivity contribution in [2.75, 3.05) is 0 Å². The predicted octanol–water partition coefficient (Wildman–Crippen LogP) is 3.24. The molecule has 0 saturated heterocycles. The molecule has 0 fully saturated rings. The van der Waals surface area contributed by atoms with Gasteiger partial charge in [-0.1, -0.05) is 18.2 Å². The summed E-state index contributed by atoms with van der Waals surface area (Å²) in [5.74, 6) is 0.939. The lowest BCUT2D eigenvalue weighted by Crippen LogP contribution is -1.99. The van der Waals surface area contributed by atoms with E-state index in [1.165, 1.54) is 0 Å². The molecule has 0 unspecified atom stereocenters. The van der Waals surface area contributed by atoms with Crippen LogP contribution in [0.1, 0.15) is 24.8 Å². The van der Waals surface area contributed by atoms with E-state index >= 15 is 0 Å². The molecule has 0 atom stereocenters. The van der Waals surface area contributed by atoms with Gasteiger partial charge in [0, 0.05) is 42.9 Å². The molecule has 1 aliphatic carbocycles. The maximum absolute atomic E-state index is 7.65. The summed E-state index contributed by atoms with van der Waals surface area (Å²) in [7, 11) is 0. The first-order chi connectivity index (χ1) is 8.34. The molecule has 3 nitrogen and oxygen atoms in total. The summed E-state index contributed by atoms with van der Waals surface area (Å²) in [6.07, 6.45) is 11.9. The lowest BCUT2D eigenvalue weighted by atomic mass is 10.1. The van der Waals surface area contributed by atoms with Gasteiger partial charge in [-0.15, -0.1) is 0 Å². The van der Waals surface area contributed by atoms with Crippen molar-refractivity contribution >= 4 is 5.71 Å². The van der Waals surface area contributed by atoms with Crippen LogP contribution in [0.15, 0.2) is 48.5 Å². The van der Waals surface area contributed by atoms with Gasteiger partial charge < -0.3 is 10.1 Å². The minimum Gasteiger partial charge on any atom is -0.493 e. The van der Waals surface area contributed by atoms with Crippen LogP contribution in [0.3, 0.4) is 0 Å². The number of hydrogen-bond acceptors (Lipinski definition) is 3.